The van der Waals surface area contributed by atoms with Gasteiger partial charge in [-0.05, 0) is 139 Å². The first-order valence-corrected chi connectivity index (χ1v) is 23.6. The summed E-state index contributed by atoms with van der Waals surface area (Å²) >= 11 is 1.93. The van der Waals surface area contributed by atoms with E-state index in [-0.39, 0.29) is 0 Å². The second-order valence-electron chi connectivity index (χ2n) is 17.6. The molecule has 1 aromatic heterocycles. The number of benzene rings is 11. The summed E-state index contributed by atoms with van der Waals surface area (Å²) in [5.74, 6) is 0. The van der Waals surface area contributed by atoms with E-state index in [0.717, 1.165) is 34.1 Å². The number of fused-ring (bicyclic) bond motifs is 16. The van der Waals surface area contributed by atoms with Crippen LogP contribution in [0, 0.1) is 0 Å². The smallest absolute Gasteiger partial charge is 0.0727 e. The zero-order valence-corrected chi connectivity index (χ0v) is 36.7. The molecule has 0 bridgehead atoms. The van der Waals surface area contributed by atoms with Crippen LogP contribution in [0.5, 0.6) is 0 Å². The molecular formula is C63H40N2S. The van der Waals surface area contributed by atoms with Crippen molar-refractivity contribution in [3.63, 3.8) is 0 Å². The van der Waals surface area contributed by atoms with Crippen molar-refractivity contribution in [3.05, 3.63) is 265 Å². The van der Waals surface area contributed by atoms with Gasteiger partial charge in [-0.2, -0.15) is 0 Å². The van der Waals surface area contributed by atoms with Gasteiger partial charge in [-0.25, -0.2) is 0 Å². The molecule has 66 heavy (non-hydrogen) atoms. The van der Waals surface area contributed by atoms with E-state index >= 15 is 0 Å². The first kappa shape index (κ1) is 37.2. The Morgan fingerprint density at radius 2 is 0.773 bits per heavy atom. The Bertz CT molecular complexity index is 3730. The highest BCUT2D eigenvalue weighted by atomic mass is 32.1. The van der Waals surface area contributed by atoms with Gasteiger partial charge in [0.15, 0.2) is 0 Å². The van der Waals surface area contributed by atoms with E-state index in [4.69, 9.17) is 0 Å². The Morgan fingerprint density at radius 3 is 1.38 bits per heavy atom. The number of para-hydroxylation sites is 2. The van der Waals surface area contributed by atoms with E-state index in [1.54, 1.807) is 0 Å². The molecule has 1 spiro atoms. The monoisotopic (exact) mass is 856 g/mol. The van der Waals surface area contributed by atoms with Gasteiger partial charge in [-0.15, -0.1) is 11.3 Å². The van der Waals surface area contributed by atoms with Crippen molar-refractivity contribution in [1.29, 1.82) is 0 Å². The van der Waals surface area contributed by atoms with Crippen LogP contribution >= 0.6 is 11.3 Å². The summed E-state index contributed by atoms with van der Waals surface area (Å²) in [6.07, 6.45) is 0. The van der Waals surface area contributed by atoms with Gasteiger partial charge >= 0.3 is 0 Å². The maximum atomic E-state index is 2.51. The third-order valence-electron chi connectivity index (χ3n) is 14.2. The predicted octanol–water partition coefficient (Wildman–Crippen LogP) is 17.6. The van der Waals surface area contributed by atoms with Gasteiger partial charge in [0.25, 0.3) is 0 Å². The molecule has 0 saturated carbocycles. The number of thiophene rings is 1. The highest BCUT2D eigenvalue weighted by Crippen LogP contribution is 2.65. The fourth-order valence-electron chi connectivity index (χ4n) is 11.4. The number of rotatable bonds is 6. The SMILES string of the molecule is c1ccc(N(c2ccc3c(c2)C2(c4cc(N(c5ccccc5)c5ccc6ccccc6c5)ccc4-3)c3ccccc3-c3c2ccc2c3sc3ccccc32)c2ccc3ccccc3c2)cc1. The Kier molecular flexibility index (Phi) is 8.10. The van der Waals surface area contributed by atoms with Gasteiger partial charge in [0.2, 0.25) is 0 Å². The van der Waals surface area contributed by atoms with E-state index in [1.165, 1.54) is 86.2 Å². The van der Waals surface area contributed by atoms with E-state index in [1.807, 2.05) is 11.3 Å². The van der Waals surface area contributed by atoms with Crippen LogP contribution in [0.1, 0.15) is 22.3 Å². The van der Waals surface area contributed by atoms with Crippen LogP contribution in [0.15, 0.2) is 243 Å². The number of hydrogen-bond donors (Lipinski definition) is 0. The fourth-order valence-corrected chi connectivity index (χ4v) is 12.6. The van der Waals surface area contributed by atoms with Crippen molar-refractivity contribution in [2.75, 3.05) is 9.80 Å². The molecule has 3 heteroatoms. The van der Waals surface area contributed by atoms with Crippen molar-refractivity contribution >= 4 is 87.2 Å². The Balaban J connectivity index is 1.06. The molecule has 0 amide bonds. The second-order valence-corrected chi connectivity index (χ2v) is 18.7. The summed E-state index contributed by atoms with van der Waals surface area (Å²) in [6, 6.07) is 90.2. The third-order valence-corrected chi connectivity index (χ3v) is 15.4. The molecule has 2 aliphatic rings. The summed E-state index contributed by atoms with van der Waals surface area (Å²) in [7, 11) is 0. The van der Waals surface area contributed by atoms with Crippen molar-refractivity contribution in [1.82, 2.24) is 0 Å². The maximum Gasteiger partial charge on any atom is 0.0727 e. The Labute approximate surface area is 387 Å². The maximum absolute atomic E-state index is 2.51. The number of hydrogen-bond acceptors (Lipinski definition) is 3. The zero-order chi connectivity index (χ0) is 43.3. The summed E-state index contributed by atoms with van der Waals surface area (Å²) in [4.78, 5) is 4.87. The summed E-state index contributed by atoms with van der Waals surface area (Å²) < 4.78 is 2.67. The normalized spacial score (nSPS) is 13.0. The average molecular weight is 857 g/mol. The lowest BCUT2D eigenvalue weighted by Crippen LogP contribution is -2.26. The topological polar surface area (TPSA) is 6.48 Å². The predicted molar refractivity (Wildman–Crippen MR) is 280 cm³/mol. The van der Waals surface area contributed by atoms with Crippen molar-refractivity contribution < 1.29 is 0 Å². The third kappa shape index (κ3) is 5.35. The minimum atomic E-state index is -0.607. The lowest BCUT2D eigenvalue weighted by atomic mass is 9.70. The molecule has 308 valence electrons. The molecule has 0 fully saturated rings. The molecule has 2 nitrogen and oxygen atoms in total. The van der Waals surface area contributed by atoms with Crippen LogP contribution in [0.2, 0.25) is 0 Å². The van der Waals surface area contributed by atoms with Gasteiger partial charge < -0.3 is 9.80 Å². The minimum Gasteiger partial charge on any atom is -0.310 e. The van der Waals surface area contributed by atoms with Crippen LogP contribution < -0.4 is 9.80 Å². The molecule has 14 rings (SSSR count). The van der Waals surface area contributed by atoms with Gasteiger partial charge in [0.1, 0.15) is 0 Å². The Hall–Kier alpha value is -8.24. The molecule has 2 aliphatic carbocycles. The highest BCUT2D eigenvalue weighted by molar-refractivity contribution is 7.26. The molecule has 0 aliphatic heterocycles. The summed E-state index contributed by atoms with van der Waals surface area (Å²) in [6.45, 7) is 0. The summed E-state index contributed by atoms with van der Waals surface area (Å²) in [5, 5.41) is 7.53. The molecule has 0 unspecified atom stereocenters. The second kappa shape index (κ2) is 14.4. The van der Waals surface area contributed by atoms with Gasteiger partial charge in [0, 0.05) is 59.9 Å². The van der Waals surface area contributed by atoms with E-state index in [0.29, 0.717) is 0 Å². The minimum absolute atomic E-state index is 0.607. The summed E-state index contributed by atoms with van der Waals surface area (Å²) in [5.41, 5.74) is 16.6. The standard InChI is InChI=1S/C63H40N2S/c1-3-19-45(20-4-1)64(47-29-27-41-15-7-9-17-43(41)37-47)49-31-33-51-52-34-32-50(65(46-21-5-2-6-22-46)48-30-28-42-16-8-10-18-44(42)38-48)40-59(52)63(58(51)39-49)56-25-13-11-24-55(56)61-57(63)36-35-54-53-23-12-14-26-60(53)66-62(54)61/h1-40H. The molecular weight excluding hydrogens is 817 g/mol. The Morgan fingerprint density at radius 1 is 0.288 bits per heavy atom. The molecule has 0 saturated heterocycles. The lowest BCUT2D eigenvalue weighted by molar-refractivity contribution is 0.794. The number of nitrogens with zero attached hydrogens (tertiary/aromatic N) is 2. The molecule has 0 N–H and O–H groups in total. The number of anilines is 6. The van der Waals surface area contributed by atoms with Crippen molar-refractivity contribution in [2.45, 2.75) is 5.41 Å². The van der Waals surface area contributed by atoms with Crippen LogP contribution in [0.3, 0.4) is 0 Å². The molecule has 11 aromatic carbocycles. The highest BCUT2D eigenvalue weighted by Gasteiger charge is 2.53. The quantitative estimate of drug-likeness (QED) is 0.164. The van der Waals surface area contributed by atoms with E-state index in [2.05, 4.69) is 252 Å². The van der Waals surface area contributed by atoms with Gasteiger partial charge in [-0.3, -0.25) is 0 Å². The molecule has 0 atom stereocenters. The van der Waals surface area contributed by atoms with E-state index in [9.17, 15) is 0 Å². The van der Waals surface area contributed by atoms with Crippen LogP contribution in [-0.4, -0.2) is 0 Å². The first-order chi connectivity index (χ1) is 32.7. The van der Waals surface area contributed by atoms with Crippen LogP contribution in [-0.2, 0) is 5.41 Å². The molecule has 0 radical (unpaired) electrons. The average Bonchev–Trinajstić information content (AvgIpc) is 4.01. The lowest BCUT2D eigenvalue weighted by Gasteiger charge is -2.33. The molecule has 12 aromatic rings. The largest absolute Gasteiger partial charge is 0.310 e. The van der Waals surface area contributed by atoms with Crippen molar-refractivity contribution in [2.24, 2.45) is 0 Å². The van der Waals surface area contributed by atoms with E-state index < -0.39 is 5.41 Å². The molecule has 1 heterocycles. The van der Waals surface area contributed by atoms with Gasteiger partial charge in [-0.1, -0.05) is 164 Å². The first-order valence-electron chi connectivity index (χ1n) is 22.7. The van der Waals surface area contributed by atoms with Gasteiger partial charge in [0.05, 0.1) is 5.41 Å². The van der Waals surface area contributed by atoms with Crippen LogP contribution in [0.4, 0.5) is 34.1 Å². The fraction of sp³-hybridized carbons (Fsp3) is 0.0159. The zero-order valence-electron chi connectivity index (χ0n) is 35.9. The van der Waals surface area contributed by atoms with Crippen LogP contribution in [0.25, 0.3) is 64.0 Å². The van der Waals surface area contributed by atoms with Crippen molar-refractivity contribution in [3.8, 4) is 22.3 Å².